The third-order valence-electron chi connectivity index (χ3n) is 5.01. The Hall–Kier alpha value is -2.84. The molecule has 1 aliphatic rings. The summed E-state index contributed by atoms with van der Waals surface area (Å²) in [5.41, 5.74) is 2.30. The zero-order chi connectivity index (χ0) is 21.3. The van der Waals surface area contributed by atoms with E-state index < -0.39 is 9.84 Å². The van der Waals surface area contributed by atoms with Crippen LogP contribution < -0.4 is 10.1 Å². The van der Waals surface area contributed by atoms with Crippen LogP contribution in [0.3, 0.4) is 0 Å². The highest BCUT2D eigenvalue weighted by molar-refractivity contribution is 7.91. The van der Waals surface area contributed by atoms with Crippen LogP contribution in [0, 0.1) is 0 Å². The standard InChI is InChI=1S/C21H20ClN3O4S/c1-29-18-8-2-14(3-9-18)20-12-19(21(26)23-16-6-4-15(22)5-7-16)24-25(20)17-10-11-30(27,28)13-17/h2-9,12,17H,10-11,13H2,1H3,(H,23,26). The molecule has 0 radical (unpaired) electrons. The number of halogens is 1. The van der Waals surface area contributed by atoms with Gasteiger partial charge in [-0.15, -0.1) is 0 Å². The van der Waals surface area contributed by atoms with Gasteiger partial charge in [-0.3, -0.25) is 9.48 Å². The van der Waals surface area contributed by atoms with Gasteiger partial charge in [-0.2, -0.15) is 5.10 Å². The predicted octanol–water partition coefficient (Wildman–Crippen LogP) is 3.82. The molecule has 0 saturated carbocycles. The van der Waals surface area contributed by atoms with Crippen molar-refractivity contribution in [2.75, 3.05) is 23.9 Å². The van der Waals surface area contributed by atoms with E-state index in [1.54, 1.807) is 42.1 Å². The summed E-state index contributed by atoms with van der Waals surface area (Å²) in [7, 11) is -1.53. The zero-order valence-corrected chi connectivity index (χ0v) is 17.8. The van der Waals surface area contributed by atoms with Crippen molar-refractivity contribution < 1.29 is 17.9 Å². The lowest BCUT2D eigenvalue weighted by Gasteiger charge is -2.13. The molecule has 1 saturated heterocycles. The summed E-state index contributed by atoms with van der Waals surface area (Å²) < 4.78 is 30.9. The van der Waals surface area contributed by atoms with Crippen LogP contribution in [-0.2, 0) is 9.84 Å². The minimum atomic E-state index is -3.11. The second-order valence-corrected chi connectivity index (χ2v) is 9.77. The Morgan fingerprint density at radius 1 is 1.17 bits per heavy atom. The maximum absolute atomic E-state index is 12.8. The number of rotatable bonds is 5. The predicted molar refractivity (Wildman–Crippen MR) is 116 cm³/mol. The summed E-state index contributed by atoms with van der Waals surface area (Å²) >= 11 is 5.89. The van der Waals surface area contributed by atoms with Gasteiger partial charge in [0.15, 0.2) is 15.5 Å². The van der Waals surface area contributed by atoms with Crippen LogP contribution in [0.5, 0.6) is 5.75 Å². The summed E-state index contributed by atoms with van der Waals surface area (Å²) in [5, 5.41) is 7.83. The Balaban J connectivity index is 1.69. The average Bonchev–Trinajstić information content (AvgIpc) is 3.33. The van der Waals surface area contributed by atoms with Crippen LogP contribution in [0.2, 0.25) is 5.02 Å². The minimum Gasteiger partial charge on any atom is -0.497 e. The van der Waals surface area contributed by atoms with Gasteiger partial charge in [0.1, 0.15) is 5.75 Å². The van der Waals surface area contributed by atoms with Gasteiger partial charge in [0.25, 0.3) is 5.91 Å². The summed E-state index contributed by atoms with van der Waals surface area (Å²) in [5.74, 6) is 0.447. The number of aromatic nitrogens is 2. The molecule has 1 fully saturated rings. The lowest BCUT2D eigenvalue weighted by Crippen LogP contribution is -2.16. The lowest BCUT2D eigenvalue weighted by molar-refractivity contribution is 0.102. The van der Waals surface area contributed by atoms with E-state index in [1.807, 2.05) is 24.3 Å². The third kappa shape index (κ3) is 4.34. The van der Waals surface area contributed by atoms with Crippen molar-refractivity contribution in [1.29, 1.82) is 0 Å². The van der Waals surface area contributed by atoms with Crippen molar-refractivity contribution >= 4 is 33.0 Å². The molecule has 1 aromatic heterocycles. The van der Waals surface area contributed by atoms with Gasteiger partial charge in [-0.1, -0.05) is 11.6 Å². The maximum atomic E-state index is 12.8. The van der Waals surface area contributed by atoms with E-state index in [4.69, 9.17) is 16.3 Å². The fraction of sp³-hybridized carbons (Fsp3) is 0.238. The first-order valence-corrected chi connectivity index (χ1v) is 11.6. The quantitative estimate of drug-likeness (QED) is 0.644. The first-order valence-electron chi connectivity index (χ1n) is 9.36. The monoisotopic (exact) mass is 445 g/mol. The second-order valence-electron chi connectivity index (χ2n) is 7.11. The Morgan fingerprint density at radius 3 is 2.47 bits per heavy atom. The number of methoxy groups -OCH3 is 1. The fourth-order valence-corrected chi connectivity index (χ4v) is 5.28. The highest BCUT2D eigenvalue weighted by Gasteiger charge is 2.32. The summed E-state index contributed by atoms with van der Waals surface area (Å²) in [6, 6.07) is 15.5. The van der Waals surface area contributed by atoms with Gasteiger partial charge >= 0.3 is 0 Å². The second kappa shape index (κ2) is 8.12. The van der Waals surface area contributed by atoms with E-state index in [-0.39, 0.29) is 29.1 Å². The van der Waals surface area contributed by atoms with Crippen molar-refractivity contribution in [2.24, 2.45) is 0 Å². The largest absolute Gasteiger partial charge is 0.497 e. The summed E-state index contributed by atoms with van der Waals surface area (Å²) in [6.45, 7) is 0. The normalized spacial score (nSPS) is 17.6. The number of amides is 1. The van der Waals surface area contributed by atoms with Crippen molar-refractivity contribution in [3.05, 3.63) is 65.3 Å². The maximum Gasteiger partial charge on any atom is 0.276 e. The number of sulfone groups is 1. The molecule has 0 bridgehead atoms. The fourth-order valence-electron chi connectivity index (χ4n) is 3.46. The molecule has 1 amide bonds. The Morgan fingerprint density at radius 2 is 1.87 bits per heavy atom. The number of nitrogens with zero attached hydrogens (tertiary/aromatic N) is 2. The molecular weight excluding hydrogens is 426 g/mol. The van der Waals surface area contributed by atoms with E-state index >= 15 is 0 Å². The van der Waals surface area contributed by atoms with E-state index in [0.717, 1.165) is 5.56 Å². The molecule has 1 aliphatic heterocycles. The number of hydrogen-bond donors (Lipinski definition) is 1. The van der Waals surface area contributed by atoms with Gasteiger partial charge in [0, 0.05) is 16.3 Å². The van der Waals surface area contributed by atoms with E-state index in [1.165, 1.54) is 0 Å². The molecule has 7 nitrogen and oxygen atoms in total. The van der Waals surface area contributed by atoms with Crippen LogP contribution in [-0.4, -0.2) is 42.7 Å². The number of benzene rings is 2. The Kier molecular flexibility index (Phi) is 5.53. The smallest absolute Gasteiger partial charge is 0.276 e. The van der Waals surface area contributed by atoms with E-state index in [2.05, 4.69) is 10.4 Å². The molecule has 0 spiro atoms. The molecule has 2 aromatic carbocycles. The number of anilines is 1. The summed E-state index contributed by atoms with van der Waals surface area (Å²) in [4.78, 5) is 12.8. The molecule has 3 aromatic rings. The minimum absolute atomic E-state index is 0.01000. The van der Waals surface area contributed by atoms with Crippen molar-refractivity contribution in [3.8, 4) is 17.0 Å². The molecular formula is C21H20ClN3O4S. The summed E-state index contributed by atoms with van der Waals surface area (Å²) in [6.07, 6.45) is 0.464. The third-order valence-corrected chi connectivity index (χ3v) is 7.01. The Bertz CT molecular complexity index is 1170. The number of nitrogens with one attached hydrogen (secondary N) is 1. The first-order chi connectivity index (χ1) is 14.3. The number of carbonyl (C=O) groups is 1. The molecule has 1 atom stereocenters. The van der Waals surface area contributed by atoms with Crippen LogP contribution in [0.4, 0.5) is 5.69 Å². The first kappa shape index (κ1) is 20.4. The van der Waals surface area contributed by atoms with Gasteiger partial charge in [0.05, 0.1) is 30.4 Å². The number of ether oxygens (including phenoxy) is 1. The molecule has 4 rings (SSSR count). The molecule has 2 heterocycles. The molecule has 30 heavy (non-hydrogen) atoms. The number of carbonyl (C=O) groups excluding carboxylic acids is 1. The van der Waals surface area contributed by atoms with Crippen LogP contribution >= 0.6 is 11.6 Å². The van der Waals surface area contributed by atoms with Crippen molar-refractivity contribution in [3.63, 3.8) is 0 Å². The highest BCUT2D eigenvalue weighted by Crippen LogP contribution is 2.31. The van der Waals surface area contributed by atoms with Gasteiger partial charge in [-0.25, -0.2) is 8.42 Å². The van der Waals surface area contributed by atoms with Crippen molar-refractivity contribution in [1.82, 2.24) is 9.78 Å². The molecule has 156 valence electrons. The average molecular weight is 446 g/mol. The topological polar surface area (TPSA) is 90.3 Å². The van der Waals surface area contributed by atoms with E-state index in [0.29, 0.717) is 28.6 Å². The zero-order valence-electron chi connectivity index (χ0n) is 16.2. The van der Waals surface area contributed by atoms with Gasteiger partial charge in [0.2, 0.25) is 0 Å². The van der Waals surface area contributed by atoms with Gasteiger partial charge < -0.3 is 10.1 Å². The van der Waals surface area contributed by atoms with Gasteiger partial charge in [-0.05, 0) is 61.0 Å². The van der Waals surface area contributed by atoms with Crippen molar-refractivity contribution in [2.45, 2.75) is 12.5 Å². The molecule has 0 aliphatic carbocycles. The molecule has 9 heteroatoms. The van der Waals surface area contributed by atoms with E-state index in [9.17, 15) is 13.2 Å². The number of hydrogen-bond acceptors (Lipinski definition) is 5. The Labute approximate surface area is 179 Å². The SMILES string of the molecule is COc1ccc(-c2cc(C(=O)Nc3ccc(Cl)cc3)nn2C2CCS(=O)(=O)C2)cc1. The highest BCUT2D eigenvalue weighted by atomic mass is 35.5. The van der Waals surface area contributed by atoms with Crippen LogP contribution in [0.25, 0.3) is 11.3 Å². The van der Waals surface area contributed by atoms with Crippen LogP contribution in [0.1, 0.15) is 23.0 Å². The van der Waals surface area contributed by atoms with Crippen LogP contribution in [0.15, 0.2) is 54.6 Å². The molecule has 1 N–H and O–H groups in total. The molecule has 1 unspecified atom stereocenters. The lowest BCUT2D eigenvalue weighted by atomic mass is 10.1.